The second kappa shape index (κ2) is 4.68. The van der Waals surface area contributed by atoms with Crippen molar-refractivity contribution in [1.29, 1.82) is 0 Å². The van der Waals surface area contributed by atoms with Gasteiger partial charge in [-0.1, -0.05) is 6.07 Å². The Morgan fingerprint density at radius 2 is 2.13 bits per heavy atom. The Morgan fingerprint density at radius 1 is 1.47 bits per heavy atom. The van der Waals surface area contributed by atoms with Crippen LogP contribution in [0.1, 0.15) is 5.56 Å². The number of carbonyl (C=O) groups is 1. The van der Waals surface area contributed by atoms with Crippen molar-refractivity contribution in [2.45, 2.75) is 6.42 Å². The maximum atomic E-state index is 10.6. The minimum Gasteiger partial charge on any atom is -0.497 e. The highest BCUT2D eigenvalue weighted by Crippen LogP contribution is 2.25. The third-order valence-corrected chi connectivity index (χ3v) is 2.12. The summed E-state index contributed by atoms with van der Waals surface area (Å²) in [6.45, 7) is 0. The fourth-order valence-electron chi connectivity index (χ4n) is 1.40. The van der Waals surface area contributed by atoms with Gasteiger partial charge in [-0.05, 0) is 11.6 Å². The smallest absolute Gasteiger partial charge is 0.307 e. The molecule has 0 aliphatic heterocycles. The Labute approximate surface area is 89.1 Å². The van der Waals surface area contributed by atoms with E-state index in [4.69, 9.17) is 9.84 Å². The van der Waals surface area contributed by atoms with Crippen LogP contribution >= 0.6 is 0 Å². The fourth-order valence-corrected chi connectivity index (χ4v) is 1.40. The number of hydrogen-bond acceptors (Lipinski definition) is 3. The number of carboxylic acid groups (broad SMARTS) is 1. The third kappa shape index (κ3) is 2.87. The van der Waals surface area contributed by atoms with Crippen LogP contribution in [0, 0.1) is 0 Å². The first-order chi connectivity index (χ1) is 7.04. The van der Waals surface area contributed by atoms with E-state index in [1.165, 1.54) is 0 Å². The van der Waals surface area contributed by atoms with E-state index < -0.39 is 5.97 Å². The summed E-state index contributed by atoms with van der Waals surface area (Å²) in [4.78, 5) is 12.5. The van der Waals surface area contributed by atoms with Crippen molar-refractivity contribution in [3.05, 3.63) is 23.8 Å². The summed E-state index contributed by atoms with van der Waals surface area (Å²) < 4.78 is 5.09. The molecule has 15 heavy (non-hydrogen) atoms. The molecule has 0 saturated heterocycles. The van der Waals surface area contributed by atoms with E-state index in [0.29, 0.717) is 0 Å². The topological polar surface area (TPSA) is 49.8 Å². The van der Waals surface area contributed by atoms with Gasteiger partial charge in [0.25, 0.3) is 0 Å². The largest absolute Gasteiger partial charge is 0.497 e. The van der Waals surface area contributed by atoms with E-state index in [0.717, 1.165) is 17.0 Å². The Bertz CT molecular complexity index is 361. The number of benzene rings is 1. The standard InChI is InChI=1S/C11H15NO3/c1-12(2)10-7-9(15-3)5-4-8(10)6-11(13)14/h4-5,7H,6H2,1-3H3,(H,13,14). The maximum Gasteiger partial charge on any atom is 0.307 e. The lowest BCUT2D eigenvalue weighted by Gasteiger charge is -2.17. The summed E-state index contributed by atoms with van der Waals surface area (Å²) in [5, 5.41) is 8.75. The van der Waals surface area contributed by atoms with Crippen LogP contribution in [0.4, 0.5) is 5.69 Å². The van der Waals surface area contributed by atoms with Gasteiger partial charge in [0.2, 0.25) is 0 Å². The predicted molar refractivity (Wildman–Crippen MR) is 58.7 cm³/mol. The van der Waals surface area contributed by atoms with Crippen LogP contribution in [0.5, 0.6) is 5.75 Å². The van der Waals surface area contributed by atoms with Crippen LogP contribution in [-0.2, 0) is 11.2 Å². The van der Waals surface area contributed by atoms with E-state index in [2.05, 4.69) is 0 Å². The molecule has 0 spiro atoms. The highest BCUT2D eigenvalue weighted by Gasteiger charge is 2.09. The van der Waals surface area contributed by atoms with Crippen molar-refractivity contribution in [3.8, 4) is 5.75 Å². The minimum atomic E-state index is -0.830. The summed E-state index contributed by atoms with van der Waals surface area (Å²) in [5.41, 5.74) is 1.66. The number of hydrogen-bond donors (Lipinski definition) is 1. The summed E-state index contributed by atoms with van der Waals surface area (Å²) in [6, 6.07) is 5.38. The van der Waals surface area contributed by atoms with Crippen LogP contribution in [-0.4, -0.2) is 32.3 Å². The van der Waals surface area contributed by atoms with Crippen molar-refractivity contribution >= 4 is 11.7 Å². The fraction of sp³-hybridized carbons (Fsp3) is 0.364. The van der Waals surface area contributed by atoms with Gasteiger partial charge in [0, 0.05) is 25.8 Å². The molecule has 0 aromatic heterocycles. The molecule has 0 heterocycles. The van der Waals surface area contributed by atoms with Gasteiger partial charge in [-0.25, -0.2) is 0 Å². The molecule has 0 aliphatic carbocycles. The molecule has 0 amide bonds. The van der Waals surface area contributed by atoms with Gasteiger partial charge >= 0.3 is 5.97 Å². The minimum absolute atomic E-state index is 0.0253. The van der Waals surface area contributed by atoms with E-state index in [9.17, 15) is 4.79 Å². The molecule has 1 aromatic rings. The molecular formula is C11H15NO3. The molecule has 1 N–H and O–H groups in total. The lowest BCUT2D eigenvalue weighted by molar-refractivity contribution is -0.136. The molecule has 0 saturated carbocycles. The van der Waals surface area contributed by atoms with Crippen molar-refractivity contribution in [1.82, 2.24) is 0 Å². The number of anilines is 1. The Kier molecular flexibility index (Phi) is 3.55. The normalized spacial score (nSPS) is 9.80. The SMILES string of the molecule is COc1ccc(CC(=O)O)c(N(C)C)c1. The molecule has 0 bridgehead atoms. The second-order valence-corrected chi connectivity index (χ2v) is 3.46. The van der Waals surface area contributed by atoms with Gasteiger partial charge in [0.1, 0.15) is 5.75 Å². The predicted octanol–water partition coefficient (Wildman–Crippen LogP) is 1.39. The van der Waals surface area contributed by atoms with Crippen LogP contribution in [0.25, 0.3) is 0 Å². The first-order valence-corrected chi connectivity index (χ1v) is 4.60. The second-order valence-electron chi connectivity index (χ2n) is 3.46. The molecule has 4 heteroatoms. The molecule has 0 fully saturated rings. The van der Waals surface area contributed by atoms with Crippen molar-refractivity contribution < 1.29 is 14.6 Å². The quantitative estimate of drug-likeness (QED) is 0.814. The van der Waals surface area contributed by atoms with Gasteiger partial charge in [-0.15, -0.1) is 0 Å². The molecule has 0 radical (unpaired) electrons. The van der Waals surface area contributed by atoms with E-state index >= 15 is 0 Å². The number of nitrogens with zero attached hydrogens (tertiary/aromatic N) is 1. The van der Waals surface area contributed by atoms with Crippen molar-refractivity contribution in [3.63, 3.8) is 0 Å². The average Bonchev–Trinajstić information content (AvgIpc) is 2.17. The maximum absolute atomic E-state index is 10.6. The average molecular weight is 209 g/mol. The van der Waals surface area contributed by atoms with Crippen molar-refractivity contribution in [2.24, 2.45) is 0 Å². The Hall–Kier alpha value is -1.71. The van der Waals surface area contributed by atoms with E-state index in [-0.39, 0.29) is 6.42 Å². The monoisotopic (exact) mass is 209 g/mol. The molecule has 0 unspecified atom stereocenters. The first-order valence-electron chi connectivity index (χ1n) is 4.60. The number of rotatable bonds is 4. The summed E-state index contributed by atoms with van der Waals surface area (Å²) >= 11 is 0. The van der Waals surface area contributed by atoms with Gasteiger partial charge in [-0.2, -0.15) is 0 Å². The molecule has 4 nitrogen and oxygen atoms in total. The van der Waals surface area contributed by atoms with Crippen LogP contribution < -0.4 is 9.64 Å². The summed E-state index contributed by atoms with van der Waals surface area (Å²) in [6.07, 6.45) is 0.0253. The van der Waals surface area contributed by atoms with E-state index in [1.54, 1.807) is 19.2 Å². The first kappa shape index (κ1) is 11.4. The van der Waals surface area contributed by atoms with Crippen LogP contribution in [0.2, 0.25) is 0 Å². The molecular weight excluding hydrogens is 194 g/mol. The number of methoxy groups -OCH3 is 1. The zero-order valence-electron chi connectivity index (χ0n) is 9.15. The summed E-state index contributed by atoms with van der Waals surface area (Å²) in [5.74, 6) is -0.101. The van der Waals surface area contributed by atoms with E-state index in [1.807, 2.05) is 25.1 Å². The third-order valence-electron chi connectivity index (χ3n) is 2.12. The van der Waals surface area contributed by atoms with Crippen LogP contribution in [0.3, 0.4) is 0 Å². The highest BCUT2D eigenvalue weighted by atomic mass is 16.5. The number of ether oxygens (including phenoxy) is 1. The molecule has 0 aliphatic rings. The molecule has 1 aromatic carbocycles. The number of carboxylic acids is 1. The Morgan fingerprint density at radius 3 is 2.60 bits per heavy atom. The van der Waals surface area contributed by atoms with Gasteiger partial charge in [0.15, 0.2) is 0 Å². The molecule has 0 atom stereocenters. The van der Waals surface area contributed by atoms with Gasteiger partial charge in [-0.3, -0.25) is 4.79 Å². The Balaban J connectivity index is 3.09. The van der Waals surface area contributed by atoms with Crippen molar-refractivity contribution in [2.75, 3.05) is 26.1 Å². The zero-order valence-corrected chi connectivity index (χ0v) is 9.15. The lowest BCUT2D eigenvalue weighted by Crippen LogP contribution is -2.13. The van der Waals surface area contributed by atoms with Gasteiger partial charge < -0.3 is 14.7 Å². The van der Waals surface area contributed by atoms with Gasteiger partial charge in [0.05, 0.1) is 13.5 Å². The van der Waals surface area contributed by atoms with Crippen LogP contribution in [0.15, 0.2) is 18.2 Å². The highest BCUT2D eigenvalue weighted by molar-refractivity contribution is 5.74. The summed E-state index contributed by atoms with van der Waals surface area (Å²) in [7, 11) is 5.34. The number of aliphatic carboxylic acids is 1. The zero-order chi connectivity index (χ0) is 11.4. The molecule has 82 valence electrons. The lowest BCUT2D eigenvalue weighted by atomic mass is 10.1. The molecule has 1 rings (SSSR count).